The Kier molecular flexibility index (Phi) is 3.67. The molecule has 4 heteroatoms. The highest BCUT2D eigenvalue weighted by atomic mass is 19.1. The maximum atomic E-state index is 13.0. The fourth-order valence-electron chi connectivity index (χ4n) is 0.929. The van der Waals surface area contributed by atoms with Crippen molar-refractivity contribution < 1.29 is 4.39 Å². The molecule has 0 aliphatic carbocycles. The second kappa shape index (κ2) is 4.79. The highest BCUT2D eigenvalue weighted by molar-refractivity contribution is 5.44. The third-order valence-corrected chi connectivity index (χ3v) is 1.73. The Bertz CT molecular complexity index is 265. The van der Waals surface area contributed by atoms with E-state index in [0.717, 1.165) is 0 Å². The highest BCUT2D eigenvalue weighted by Crippen LogP contribution is 2.11. The lowest BCUT2D eigenvalue weighted by Crippen LogP contribution is -2.36. The van der Waals surface area contributed by atoms with Crippen molar-refractivity contribution in [2.45, 2.75) is 6.04 Å². The number of rotatable bonds is 4. The number of para-hydroxylation sites is 1. The van der Waals surface area contributed by atoms with Gasteiger partial charge in [0.1, 0.15) is 5.82 Å². The monoisotopic (exact) mass is 183 g/mol. The lowest BCUT2D eigenvalue weighted by atomic mass is 10.2. The first-order chi connectivity index (χ1) is 6.24. The minimum atomic E-state index is -0.272. The summed E-state index contributed by atoms with van der Waals surface area (Å²) in [5.74, 6) is -0.272. The van der Waals surface area contributed by atoms with Gasteiger partial charge in [0.25, 0.3) is 0 Å². The van der Waals surface area contributed by atoms with E-state index in [9.17, 15) is 4.39 Å². The summed E-state index contributed by atoms with van der Waals surface area (Å²) in [6, 6.07) is 6.33. The Labute approximate surface area is 76.9 Å². The number of nitrogens with two attached hydrogens (primary N) is 2. The maximum absolute atomic E-state index is 13.0. The van der Waals surface area contributed by atoms with E-state index in [1.807, 2.05) is 0 Å². The summed E-state index contributed by atoms with van der Waals surface area (Å²) >= 11 is 0. The molecule has 1 atom stereocenters. The van der Waals surface area contributed by atoms with Crippen LogP contribution in [0.15, 0.2) is 24.3 Å². The molecule has 0 radical (unpaired) electrons. The molecule has 72 valence electrons. The van der Waals surface area contributed by atoms with Crippen LogP contribution >= 0.6 is 0 Å². The van der Waals surface area contributed by atoms with E-state index >= 15 is 0 Å². The van der Waals surface area contributed by atoms with Crippen molar-refractivity contribution in [2.75, 3.05) is 18.4 Å². The van der Waals surface area contributed by atoms with Crippen molar-refractivity contribution >= 4 is 5.69 Å². The van der Waals surface area contributed by atoms with Gasteiger partial charge >= 0.3 is 0 Å². The molecular weight excluding hydrogens is 169 g/mol. The van der Waals surface area contributed by atoms with Crippen molar-refractivity contribution in [2.24, 2.45) is 11.5 Å². The number of hydrogen-bond acceptors (Lipinski definition) is 3. The third-order valence-electron chi connectivity index (χ3n) is 1.73. The number of halogens is 1. The standard InChI is InChI=1S/C9H14FN3/c10-8-3-1-2-4-9(8)13-6-7(12)5-11/h1-4,7,13H,5-6,11-12H2. The zero-order chi connectivity index (χ0) is 9.68. The zero-order valence-electron chi connectivity index (χ0n) is 7.33. The van der Waals surface area contributed by atoms with Crippen molar-refractivity contribution in [3.63, 3.8) is 0 Å². The van der Waals surface area contributed by atoms with E-state index < -0.39 is 0 Å². The molecule has 13 heavy (non-hydrogen) atoms. The molecule has 5 N–H and O–H groups in total. The van der Waals surface area contributed by atoms with Crippen LogP contribution in [0.4, 0.5) is 10.1 Å². The molecule has 0 heterocycles. The van der Waals surface area contributed by atoms with Crippen LogP contribution in [0.25, 0.3) is 0 Å². The molecule has 0 aliphatic heterocycles. The molecular formula is C9H14FN3. The Morgan fingerprint density at radius 3 is 2.69 bits per heavy atom. The van der Waals surface area contributed by atoms with Gasteiger partial charge in [-0.15, -0.1) is 0 Å². The molecule has 1 unspecified atom stereocenters. The summed E-state index contributed by atoms with van der Waals surface area (Å²) in [6.07, 6.45) is 0. The number of benzene rings is 1. The molecule has 0 saturated carbocycles. The molecule has 0 fully saturated rings. The summed E-state index contributed by atoms with van der Waals surface area (Å²) in [6.45, 7) is 0.874. The number of hydrogen-bond donors (Lipinski definition) is 3. The summed E-state index contributed by atoms with van der Waals surface area (Å²) < 4.78 is 13.0. The van der Waals surface area contributed by atoms with Crippen molar-refractivity contribution in [3.8, 4) is 0 Å². The lowest BCUT2D eigenvalue weighted by Gasteiger charge is -2.11. The molecule has 0 spiro atoms. The predicted molar refractivity (Wildman–Crippen MR) is 51.9 cm³/mol. The first-order valence-corrected chi connectivity index (χ1v) is 4.18. The summed E-state index contributed by atoms with van der Waals surface area (Å²) in [5, 5.41) is 2.88. The number of anilines is 1. The van der Waals surface area contributed by atoms with Crippen LogP contribution in [-0.4, -0.2) is 19.1 Å². The van der Waals surface area contributed by atoms with E-state index in [-0.39, 0.29) is 11.9 Å². The zero-order valence-corrected chi connectivity index (χ0v) is 7.33. The summed E-state index contributed by atoms with van der Waals surface area (Å²) in [4.78, 5) is 0. The van der Waals surface area contributed by atoms with E-state index in [1.165, 1.54) is 6.07 Å². The van der Waals surface area contributed by atoms with Gasteiger partial charge in [0.15, 0.2) is 0 Å². The largest absolute Gasteiger partial charge is 0.381 e. The molecule has 1 aromatic carbocycles. The van der Waals surface area contributed by atoms with Crippen molar-refractivity contribution in [3.05, 3.63) is 30.1 Å². The van der Waals surface area contributed by atoms with Crippen LogP contribution in [0.5, 0.6) is 0 Å². The molecule has 1 aromatic rings. The second-order valence-corrected chi connectivity index (χ2v) is 2.86. The van der Waals surface area contributed by atoms with Crippen LogP contribution in [0.2, 0.25) is 0 Å². The van der Waals surface area contributed by atoms with Gasteiger partial charge in [-0.25, -0.2) is 4.39 Å². The molecule has 0 aromatic heterocycles. The van der Waals surface area contributed by atoms with Crippen LogP contribution in [0, 0.1) is 5.82 Å². The first-order valence-electron chi connectivity index (χ1n) is 4.18. The van der Waals surface area contributed by atoms with Gasteiger partial charge in [0.2, 0.25) is 0 Å². The van der Waals surface area contributed by atoms with Crippen LogP contribution < -0.4 is 16.8 Å². The molecule has 0 saturated heterocycles. The summed E-state index contributed by atoms with van der Waals surface area (Å²) in [5.41, 5.74) is 11.3. The average Bonchev–Trinajstić information content (AvgIpc) is 2.16. The highest BCUT2D eigenvalue weighted by Gasteiger charge is 2.01. The van der Waals surface area contributed by atoms with Gasteiger partial charge in [-0.2, -0.15) is 0 Å². The van der Waals surface area contributed by atoms with Gasteiger partial charge in [-0.05, 0) is 12.1 Å². The predicted octanol–water partition coefficient (Wildman–Crippen LogP) is 0.524. The van der Waals surface area contributed by atoms with E-state index in [1.54, 1.807) is 18.2 Å². The number of nitrogens with one attached hydrogen (secondary N) is 1. The van der Waals surface area contributed by atoms with E-state index in [2.05, 4.69) is 5.32 Å². The Balaban J connectivity index is 2.50. The Morgan fingerprint density at radius 1 is 1.38 bits per heavy atom. The molecule has 0 bridgehead atoms. The molecule has 1 rings (SSSR count). The van der Waals surface area contributed by atoms with Gasteiger partial charge < -0.3 is 16.8 Å². The SMILES string of the molecule is NCC(N)CNc1ccccc1F. The maximum Gasteiger partial charge on any atom is 0.146 e. The van der Waals surface area contributed by atoms with E-state index in [0.29, 0.717) is 18.8 Å². The molecule has 3 nitrogen and oxygen atoms in total. The molecule has 0 aliphatic rings. The molecule has 0 amide bonds. The first kappa shape index (κ1) is 9.95. The second-order valence-electron chi connectivity index (χ2n) is 2.86. The lowest BCUT2D eigenvalue weighted by molar-refractivity contribution is 0.627. The van der Waals surface area contributed by atoms with Gasteiger partial charge in [-0.1, -0.05) is 12.1 Å². The van der Waals surface area contributed by atoms with Crippen molar-refractivity contribution in [1.82, 2.24) is 0 Å². The summed E-state index contributed by atoms with van der Waals surface area (Å²) in [7, 11) is 0. The topological polar surface area (TPSA) is 64.1 Å². The van der Waals surface area contributed by atoms with Crippen molar-refractivity contribution in [1.29, 1.82) is 0 Å². The Morgan fingerprint density at radius 2 is 2.08 bits per heavy atom. The van der Waals surface area contributed by atoms with Gasteiger partial charge in [0.05, 0.1) is 5.69 Å². The van der Waals surface area contributed by atoms with E-state index in [4.69, 9.17) is 11.5 Å². The third kappa shape index (κ3) is 3.01. The minimum absolute atomic E-state index is 0.139. The van der Waals surface area contributed by atoms with Gasteiger partial charge in [-0.3, -0.25) is 0 Å². The van der Waals surface area contributed by atoms with Gasteiger partial charge in [0, 0.05) is 19.1 Å². The van der Waals surface area contributed by atoms with Crippen LogP contribution in [0.1, 0.15) is 0 Å². The van der Waals surface area contributed by atoms with Crippen LogP contribution in [-0.2, 0) is 0 Å². The quantitative estimate of drug-likeness (QED) is 0.637. The minimum Gasteiger partial charge on any atom is -0.381 e. The fourth-order valence-corrected chi connectivity index (χ4v) is 0.929. The Hall–Kier alpha value is -1.13. The normalized spacial score (nSPS) is 12.5. The average molecular weight is 183 g/mol. The smallest absolute Gasteiger partial charge is 0.146 e. The van der Waals surface area contributed by atoms with Crippen LogP contribution in [0.3, 0.4) is 0 Å². The fraction of sp³-hybridized carbons (Fsp3) is 0.333.